The average Bonchev–Trinajstić information content (AvgIpc) is 2.79. The minimum Gasteiger partial charge on any atom is -0.490 e. The Morgan fingerprint density at radius 2 is 2.00 bits per heavy atom. The number of hydrogen-bond donors (Lipinski definition) is 1. The monoisotopic (exact) mass is 393 g/mol. The van der Waals surface area contributed by atoms with E-state index in [9.17, 15) is 27.1 Å². The van der Waals surface area contributed by atoms with Crippen molar-refractivity contribution in [2.75, 3.05) is 0 Å². The summed E-state index contributed by atoms with van der Waals surface area (Å²) in [4.78, 5) is -0.442. The van der Waals surface area contributed by atoms with Crippen molar-refractivity contribution < 1.29 is 31.8 Å². The van der Waals surface area contributed by atoms with Crippen LogP contribution in [0.1, 0.15) is 42.9 Å². The maximum Gasteiger partial charge on any atom is 0.446 e. The number of aliphatic hydroxyl groups excluding tert-OH is 1. The molecule has 3 rings (SSSR count). The van der Waals surface area contributed by atoms with Gasteiger partial charge in [-0.15, -0.1) is 0 Å². The predicted octanol–water partition coefficient (Wildman–Crippen LogP) is 4.98. The molecule has 142 valence electrons. The summed E-state index contributed by atoms with van der Waals surface area (Å²) < 4.78 is 71.9. The predicted molar refractivity (Wildman–Crippen MR) is 84.0 cm³/mol. The largest absolute Gasteiger partial charge is 0.490 e. The van der Waals surface area contributed by atoms with E-state index >= 15 is 0 Å². The maximum atomic E-state index is 14.0. The summed E-state index contributed by atoms with van der Waals surface area (Å²) >= 11 is -0.523. The van der Waals surface area contributed by atoms with E-state index in [0.717, 1.165) is 18.9 Å². The minimum absolute atomic E-state index is 0.0614. The first-order valence-electron chi connectivity index (χ1n) is 8.14. The van der Waals surface area contributed by atoms with Crippen LogP contribution >= 0.6 is 11.8 Å². The van der Waals surface area contributed by atoms with E-state index < -0.39 is 46.2 Å². The fourth-order valence-electron chi connectivity index (χ4n) is 3.52. The summed E-state index contributed by atoms with van der Waals surface area (Å²) in [7, 11) is 0. The molecule has 0 radical (unpaired) electrons. The second-order valence-corrected chi connectivity index (χ2v) is 7.68. The van der Waals surface area contributed by atoms with Crippen molar-refractivity contribution in [1.82, 2.24) is 0 Å². The second-order valence-electron chi connectivity index (χ2n) is 6.57. The van der Waals surface area contributed by atoms with Crippen LogP contribution in [0.3, 0.4) is 0 Å². The van der Waals surface area contributed by atoms with Gasteiger partial charge in [0.2, 0.25) is 0 Å². The molecule has 1 N–H and O–H groups in total. The Kier molecular flexibility index (Phi) is 5.10. The summed E-state index contributed by atoms with van der Waals surface area (Å²) in [6, 6.07) is 4.46. The smallest absolute Gasteiger partial charge is 0.446 e. The zero-order valence-electron chi connectivity index (χ0n) is 13.5. The normalized spacial score (nSPS) is 27.7. The van der Waals surface area contributed by atoms with Crippen LogP contribution in [0, 0.1) is 17.2 Å². The van der Waals surface area contributed by atoms with E-state index in [0.29, 0.717) is 12.8 Å². The molecule has 9 heteroatoms. The summed E-state index contributed by atoms with van der Waals surface area (Å²) in [6.45, 7) is 0. The highest BCUT2D eigenvalue weighted by Crippen LogP contribution is 2.52. The standard InChI is InChI=1S/C17H16F5NO2S/c18-16(19)7-11-12(25-10-3-1-2-9(6-10)8-23)4-5-13(14(11)15(16)24)26-17(20,21)22/h4-5,9-10,15,24H,1-3,6-7H2/t9-,10-,15-/m1/s1. The Labute approximate surface area is 151 Å². The lowest BCUT2D eigenvalue weighted by atomic mass is 9.88. The lowest BCUT2D eigenvalue weighted by Gasteiger charge is -2.27. The van der Waals surface area contributed by atoms with Gasteiger partial charge in [0, 0.05) is 34.8 Å². The molecular weight excluding hydrogens is 377 g/mol. The maximum absolute atomic E-state index is 14.0. The van der Waals surface area contributed by atoms with Crippen molar-refractivity contribution >= 4 is 11.8 Å². The van der Waals surface area contributed by atoms with Gasteiger partial charge in [-0.25, -0.2) is 8.78 Å². The molecule has 0 bridgehead atoms. The Bertz CT molecular complexity index is 731. The van der Waals surface area contributed by atoms with Gasteiger partial charge >= 0.3 is 5.51 Å². The number of benzene rings is 1. The highest BCUT2D eigenvalue weighted by Gasteiger charge is 2.50. The lowest BCUT2D eigenvalue weighted by Crippen LogP contribution is -2.25. The van der Waals surface area contributed by atoms with Gasteiger partial charge in [0.1, 0.15) is 11.9 Å². The molecule has 0 amide bonds. The molecule has 1 aromatic rings. The number of alkyl halides is 5. The van der Waals surface area contributed by atoms with Crippen molar-refractivity contribution in [3.8, 4) is 11.8 Å². The molecule has 1 aromatic carbocycles. The molecule has 1 saturated carbocycles. The summed E-state index contributed by atoms with van der Waals surface area (Å²) in [5, 5.41) is 18.9. The van der Waals surface area contributed by atoms with Gasteiger partial charge in [0.15, 0.2) is 0 Å². The van der Waals surface area contributed by atoms with Gasteiger partial charge in [0.05, 0.1) is 12.2 Å². The molecule has 0 saturated heterocycles. The number of ether oxygens (including phenoxy) is 1. The first-order chi connectivity index (χ1) is 12.1. The average molecular weight is 393 g/mol. The van der Waals surface area contributed by atoms with E-state index in [-0.39, 0.29) is 23.3 Å². The molecule has 26 heavy (non-hydrogen) atoms. The van der Waals surface area contributed by atoms with Crippen molar-refractivity contribution in [1.29, 1.82) is 5.26 Å². The van der Waals surface area contributed by atoms with E-state index in [1.807, 2.05) is 0 Å². The lowest BCUT2D eigenvalue weighted by molar-refractivity contribution is -0.0977. The zero-order chi connectivity index (χ0) is 19.1. The summed E-state index contributed by atoms with van der Waals surface area (Å²) in [6.07, 6.45) is -0.944. The number of aliphatic hydroxyl groups is 1. The molecule has 2 aliphatic carbocycles. The molecule has 2 aliphatic rings. The van der Waals surface area contributed by atoms with Gasteiger partial charge in [-0.1, -0.05) is 0 Å². The highest BCUT2D eigenvalue weighted by molar-refractivity contribution is 8.00. The molecule has 0 aromatic heterocycles. The molecule has 0 aliphatic heterocycles. The molecule has 3 atom stereocenters. The van der Waals surface area contributed by atoms with E-state index in [2.05, 4.69) is 6.07 Å². The summed E-state index contributed by atoms with van der Waals surface area (Å²) in [5.41, 5.74) is -5.16. The fraction of sp³-hybridized carbons (Fsp3) is 0.588. The molecular formula is C17H16F5NO2S. The third kappa shape index (κ3) is 3.91. The van der Waals surface area contributed by atoms with Crippen LogP contribution in [0.15, 0.2) is 17.0 Å². The number of rotatable bonds is 3. The molecule has 0 heterocycles. The quantitative estimate of drug-likeness (QED) is 0.581. The molecule has 3 nitrogen and oxygen atoms in total. The SMILES string of the molecule is N#C[C@@H]1CCC[C@@H](Oc2ccc(SC(F)(F)F)c3c2CC(F)(F)[C@@H]3O)C1. The van der Waals surface area contributed by atoms with Crippen molar-refractivity contribution in [2.45, 2.75) is 60.6 Å². The van der Waals surface area contributed by atoms with Crippen LogP contribution in [-0.2, 0) is 6.42 Å². The Balaban J connectivity index is 1.92. The Morgan fingerprint density at radius 3 is 2.65 bits per heavy atom. The number of nitriles is 1. The third-order valence-electron chi connectivity index (χ3n) is 4.69. The molecule has 0 spiro atoms. The number of fused-ring (bicyclic) bond motifs is 1. The first kappa shape index (κ1) is 19.2. The van der Waals surface area contributed by atoms with Crippen LogP contribution < -0.4 is 4.74 Å². The van der Waals surface area contributed by atoms with Crippen LogP contribution in [0.4, 0.5) is 22.0 Å². The van der Waals surface area contributed by atoms with Crippen molar-refractivity contribution in [3.63, 3.8) is 0 Å². The molecule has 0 unspecified atom stereocenters. The van der Waals surface area contributed by atoms with Gasteiger partial charge in [-0.2, -0.15) is 18.4 Å². The summed E-state index contributed by atoms with van der Waals surface area (Å²) in [5.74, 6) is -3.68. The second kappa shape index (κ2) is 6.89. The zero-order valence-corrected chi connectivity index (χ0v) is 14.3. The minimum atomic E-state index is -4.66. The van der Waals surface area contributed by atoms with Gasteiger partial charge in [0.25, 0.3) is 5.92 Å². The Hall–Kier alpha value is -1.53. The first-order valence-corrected chi connectivity index (χ1v) is 8.96. The van der Waals surface area contributed by atoms with Gasteiger partial charge in [-0.3, -0.25) is 0 Å². The van der Waals surface area contributed by atoms with Gasteiger partial charge in [-0.05, 0) is 43.2 Å². The Morgan fingerprint density at radius 1 is 1.27 bits per heavy atom. The third-order valence-corrected chi connectivity index (χ3v) is 5.50. The van der Waals surface area contributed by atoms with Crippen LogP contribution in [0.25, 0.3) is 0 Å². The fourth-order valence-corrected chi connectivity index (χ4v) is 4.25. The van der Waals surface area contributed by atoms with Crippen LogP contribution in [-0.4, -0.2) is 22.6 Å². The topological polar surface area (TPSA) is 53.2 Å². The van der Waals surface area contributed by atoms with E-state index in [1.54, 1.807) is 0 Å². The van der Waals surface area contributed by atoms with E-state index in [1.165, 1.54) is 6.07 Å². The van der Waals surface area contributed by atoms with Crippen molar-refractivity contribution in [2.24, 2.45) is 5.92 Å². The number of hydrogen-bond acceptors (Lipinski definition) is 4. The number of halogens is 5. The van der Waals surface area contributed by atoms with Crippen LogP contribution in [0.5, 0.6) is 5.75 Å². The van der Waals surface area contributed by atoms with Crippen LogP contribution in [0.2, 0.25) is 0 Å². The van der Waals surface area contributed by atoms with E-state index in [4.69, 9.17) is 10.00 Å². The molecule has 1 fully saturated rings. The highest BCUT2D eigenvalue weighted by atomic mass is 32.2. The van der Waals surface area contributed by atoms with Gasteiger partial charge < -0.3 is 9.84 Å². The number of thioether (sulfide) groups is 1. The number of nitrogens with zero attached hydrogens (tertiary/aromatic N) is 1. The van der Waals surface area contributed by atoms with Crippen molar-refractivity contribution in [3.05, 3.63) is 23.3 Å².